The molecular weight excluding hydrogens is 316 g/mol. The minimum Gasteiger partial charge on any atom is -0.412 e. The lowest BCUT2D eigenvalue weighted by atomic mass is 10.0. The summed E-state index contributed by atoms with van der Waals surface area (Å²) in [6.45, 7) is 1.40. The number of hydrogen-bond acceptors (Lipinski definition) is 5. The number of amides is 1. The van der Waals surface area contributed by atoms with Crippen LogP contribution in [0.25, 0.3) is 22.6 Å². The Balaban J connectivity index is 1.67. The average molecular weight is 336 g/mol. The van der Waals surface area contributed by atoms with Gasteiger partial charge in [-0.15, -0.1) is 10.2 Å². The van der Waals surface area contributed by atoms with E-state index in [0.29, 0.717) is 12.4 Å². The lowest BCUT2D eigenvalue weighted by molar-refractivity contribution is 0.0919. The Bertz CT molecular complexity index is 813. The highest BCUT2D eigenvalue weighted by Gasteiger charge is 2.15. The van der Waals surface area contributed by atoms with Crippen molar-refractivity contribution in [1.29, 1.82) is 0 Å². The maximum Gasteiger partial charge on any atom is 0.308 e. The van der Waals surface area contributed by atoms with Gasteiger partial charge in [0.1, 0.15) is 0 Å². The molecule has 0 radical (unpaired) electrons. The Labute approximate surface area is 146 Å². The molecule has 0 unspecified atom stereocenters. The molecule has 0 aliphatic heterocycles. The molecule has 6 nitrogen and oxygen atoms in total. The zero-order valence-electron chi connectivity index (χ0n) is 14.0. The quantitative estimate of drug-likeness (QED) is 0.649. The fourth-order valence-electron chi connectivity index (χ4n) is 2.41. The van der Waals surface area contributed by atoms with Crippen molar-refractivity contribution in [1.82, 2.24) is 20.8 Å². The molecule has 25 heavy (non-hydrogen) atoms. The van der Waals surface area contributed by atoms with Crippen molar-refractivity contribution in [3.8, 4) is 22.6 Å². The van der Waals surface area contributed by atoms with E-state index in [4.69, 9.17) is 4.42 Å². The van der Waals surface area contributed by atoms with Crippen LogP contribution in [0.2, 0.25) is 0 Å². The summed E-state index contributed by atoms with van der Waals surface area (Å²) in [7, 11) is 1.87. The molecule has 6 heteroatoms. The first-order chi connectivity index (χ1) is 12.3. The molecular formula is C19H20N4O2. The van der Waals surface area contributed by atoms with Crippen LogP contribution in [0, 0.1) is 0 Å². The van der Waals surface area contributed by atoms with Crippen LogP contribution in [0.3, 0.4) is 0 Å². The molecule has 128 valence electrons. The van der Waals surface area contributed by atoms with E-state index in [1.807, 2.05) is 49.5 Å². The van der Waals surface area contributed by atoms with Crippen molar-refractivity contribution in [3.63, 3.8) is 0 Å². The zero-order chi connectivity index (χ0) is 17.5. The van der Waals surface area contributed by atoms with Crippen molar-refractivity contribution in [2.45, 2.75) is 6.42 Å². The highest BCUT2D eigenvalue weighted by atomic mass is 16.4. The maximum absolute atomic E-state index is 12.0. The van der Waals surface area contributed by atoms with Crippen LogP contribution in [0.15, 0.2) is 59.0 Å². The SMILES string of the molecule is CNCCCNC(=O)c1nnc(-c2ccc(-c3ccccc3)cc2)o1. The molecule has 3 aromatic rings. The normalized spacial score (nSPS) is 10.6. The molecule has 0 atom stereocenters. The molecule has 0 fully saturated rings. The van der Waals surface area contributed by atoms with E-state index in [1.54, 1.807) is 0 Å². The molecule has 0 aliphatic rings. The van der Waals surface area contributed by atoms with Crippen molar-refractivity contribution in [2.24, 2.45) is 0 Å². The molecule has 1 amide bonds. The van der Waals surface area contributed by atoms with E-state index in [-0.39, 0.29) is 11.8 Å². The molecule has 1 aromatic heterocycles. The minimum absolute atomic E-state index is 0.0217. The Morgan fingerprint density at radius 1 is 0.920 bits per heavy atom. The maximum atomic E-state index is 12.0. The van der Waals surface area contributed by atoms with E-state index >= 15 is 0 Å². The van der Waals surface area contributed by atoms with Crippen molar-refractivity contribution in [3.05, 3.63) is 60.5 Å². The van der Waals surface area contributed by atoms with Gasteiger partial charge in [0, 0.05) is 12.1 Å². The van der Waals surface area contributed by atoms with Gasteiger partial charge in [0.05, 0.1) is 0 Å². The van der Waals surface area contributed by atoms with Crippen LogP contribution in [-0.4, -0.2) is 36.2 Å². The topological polar surface area (TPSA) is 80.0 Å². The average Bonchev–Trinajstić information content (AvgIpc) is 3.16. The number of rotatable bonds is 7. The first kappa shape index (κ1) is 16.9. The summed E-state index contributed by atoms with van der Waals surface area (Å²) < 4.78 is 5.48. The van der Waals surface area contributed by atoms with Crippen molar-refractivity contribution < 1.29 is 9.21 Å². The summed E-state index contributed by atoms with van der Waals surface area (Å²) in [5.41, 5.74) is 3.02. The molecule has 2 N–H and O–H groups in total. The number of benzene rings is 2. The van der Waals surface area contributed by atoms with Crippen molar-refractivity contribution in [2.75, 3.05) is 20.1 Å². The summed E-state index contributed by atoms with van der Waals surface area (Å²) in [5, 5.41) is 13.6. The molecule has 0 spiro atoms. The summed E-state index contributed by atoms with van der Waals surface area (Å²) in [5.74, 6) is -0.0395. The van der Waals surface area contributed by atoms with E-state index in [9.17, 15) is 4.79 Å². The third-order valence-electron chi connectivity index (χ3n) is 3.75. The monoisotopic (exact) mass is 336 g/mol. The van der Waals surface area contributed by atoms with Crippen LogP contribution >= 0.6 is 0 Å². The smallest absolute Gasteiger partial charge is 0.308 e. The van der Waals surface area contributed by atoms with Gasteiger partial charge in [-0.1, -0.05) is 42.5 Å². The number of aromatic nitrogens is 2. The van der Waals surface area contributed by atoms with Gasteiger partial charge < -0.3 is 15.1 Å². The summed E-state index contributed by atoms with van der Waals surface area (Å²) >= 11 is 0. The Hall–Kier alpha value is -2.99. The fourth-order valence-corrected chi connectivity index (χ4v) is 2.41. The van der Waals surface area contributed by atoms with Gasteiger partial charge in [-0.2, -0.15) is 0 Å². The Morgan fingerprint density at radius 3 is 2.32 bits per heavy atom. The third-order valence-corrected chi connectivity index (χ3v) is 3.75. The van der Waals surface area contributed by atoms with Crippen LogP contribution in [0.4, 0.5) is 0 Å². The van der Waals surface area contributed by atoms with E-state index < -0.39 is 0 Å². The minimum atomic E-state index is -0.351. The zero-order valence-corrected chi connectivity index (χ0v) is 14.0. The number of carbonyl (C=O) groups is 1. The molecule has 1 heterocycles. The number of carbonyl (C=O) groups excluding carboxylic acids is 1. The predicted octanol–water partition coefficient (Wildman–Crippen LogP) is 2.74. The van der Waals surface area contributed by atoms with E-state index in [2.05, 4.69) is 33.0 Å². The second kappa shape index (κ2) is 8.21. The lowest BCUT2D eigenvalue weighted by Crippen LogP contribution is -2.26. The van der Waals surface area contributed by atoms with Gasteiger partial charge in [-0.25, -0.2) is 0 Å². The van der Waals surface area contributed by atoms with Crippen LogP contribution in [0.1, 0.15) is 17.1 Å². The largest absolute Gasteiger partial charge is 0.412 e. The number of nitrogens with one attached hydrogen (secondary N) is 2. The van der Waals surface area contributed by atoms with E-state index in [1.165, 1.54) is 0 Å². The van der Waals surface area contributed by atoms with Gasteiger partial charge in [0.2, 0.25) is 5.89 Å². The second-order valence-corrected chi connectivity index (χ2v) is 5.57. The standard InChI is InChI=1S/C19H20N4O2/c1-20-12-5-13-21-17(24)19-23-22-18(25-19)16-10-8-15(9-11-16)14-6-3-2-4-7-14/h2-4,6-11,20H,5,12-13H2,1H3,(H,21,24). The van der Waals surface area contributed by atoms with Gasteiger partial charge in [0.15, 0.2) is 0 Å². The Morgan fingerprint density at radius 2 is 1.60 bits per heavy atom. The third kappa shape index (κ3) is 4.30. The summed E-state index contributed by atoms with van der Waals surface area (Å²) in [6, 6.07) is 17.9. The van der Waals surface area contributed by atoms with Crippen LogP contribution < -0.4 is 10.6 Å². The fraction of sp³-hybridized carbons (Fsp3) is 0.211. The van der Waals surface area contributed by atoms with Gasteiger partial charge in [0.25, 0.3) is 0 Å². The molecule has 2 aromatic carbocycles. The molecule has 0 saturated heterocycles. The van der Waals surface area contributed by atoms with Gasteiger partial charge >= 0.3 is 11.8 Å². The van der Waals surface area contributed by atoms with Gasteiger partial charge in [-0.05, 0) is 43.3 Å². The first-order valence-corrected chi connectivity index (χ1v) is 8.20. The lowest BCUT2D eigenvalue weighted by Gasteiger charge is -2.02. The molecule has 0 bridgehead atoms. The Kier molecular flexibility index (Phi) is 5.53. The van der Waals surface area contributed by atoms with E-state index in [0.717, 1.165) is 29.7 Å². The first-order valence-electron chi connectivity index (χ1n) is 8.20. The highest BCUT2D eigenvalue weighted by molar-refractivity contribution is 5.89. The predicted molar refractivity (Wildman–Crippen MR) is 96.0 cm³/mol. The van der Waals surface area contributed by atoms with Crippen molar-refractivity contribution >= 4 is 5.91 Å². The molecule has 0 saturated carbocycles. The van der Waals surface area contributed by atoms with Crippen LogP contribution in [-0.2, 0) is 0 Å². The number of nitrogens with zero attached hydrogens (tertiary/aromatic N) is 2. The molecule has 0 aliphatic carbocycles. The highest BCUT2D eigenvalue weighted by Crippen LogP contribution is 2.23. The number of hydrogen-bond donors (Lipinski definition) is 2. The molecule has 3 rings (SSSR count). The van der Waals surface area contributed by atoms with Gasteiger partial charge in [-0.3, -0.25) is 4.79 Å². The second-order valence-electron chi connectivity index (χ2n) is 5.57. The summed E-state index contributed by atoms with van der Waals surface area (Å²) in [6.07, 6.45) is 0.837. The van der Waals surface area contributed by atoms with Crippen LogP contribution in [0.5, 0.6) is 0 Å². The summed E-state index contributed by atoms with van der Waals surface area (Å²) in [4.78, 5) is 12.0.